The van der Waals surface area contributed by atoms with Crippen LogP contribution in [0.15, 0.2) is 89.7 Å². The molecule has 0 unspecified atom stereocenters. The van der Waals surface area contributed by atoms with Crippen LogP contribution in [0.4, 0.5) is 17.5 Å². The summed E-state index contributed by atoms with van der Waals surface area (Å²) in [5.41, 5.74) is 28.3. The predicted octanol–water partition coefficient (Wildman–Crippen LogP) is 4.77. The first-order valence-electron chi connectivity index (χ1n) is 25.3. The summed E-state index contributed by atoms with van der Waals surface area (Å²) in [6.07, 6.45) is 14.3. The molecule has 3 aliphatic rings. The quantitative estimate of drug-likeness (QED) is 0.115. The molecule has 0 amide bonds. The minimum absolute atomic E-state index is 0. The molecule has 12 bridgehead atoms. The number of hydrogen-bond donors (Lipinski definition) is 5. The largest absolute Gasteiger partial charge is 1.00 e. The van der Waals surface area contributed by atoms with E-state index >= 15 is 0 Å². The van der Waals surface area contributed by atoms with Gasteiger partial charge in [0.25, 0.3) is 12.0 Å². The second-order valence-corrected chi connectivity index (χ2v) is 18.2. The summed E-state index contributed by atoms with van der Waals surface area (Å²) < 4.78 is 33.2. The number of aromatic nitrogens is 12. The zero-order valence-corrected chi connectivity index (χ0v) is 47.1. The molecule has 0 saturated carbocycles. The molecule has 414 valence electrons. The van der Waals surface area contributed by atoms with Crippen LogP contribution in [-0.4, -0.2) is 105 Å². The number of rotatable bonds is 2. The van der Waals surface area contributed by atoms with Crippen molar-refractivity contribution in [3.05, 3.63) is 129 Å². The molecule has 9 aromatic rings. The molecule has 0 radical (unpaired) electrons. The second kappa shape index (κ2) is 29.2. The molecule has 8 N–H and O–H groups in total. The van der Waals surface area contributed by atoms with Gasteiger partial charge in [0.1, 0.15) is 5.52 Å². The Morgan fingerprint density at radius 2 is 0.962 bits per heavy atom. The normalized spacial score (nSPS) is 14.3. The summed E-state index contributed by atoms with van der Waals surface area (Å²) in [4.78, 5) is 49.9. The number of nitrogens with zero attached hydrogens (tertiary/aromatic N) is 11. The Morgan fingerprint density at radius 3 is 1.47 bits per heavy atom. The molecule has 0 atom stereocenters. The number of imidazole rings is 3. The van der Waals surface area contributed by atoms with E-state index in [1.807, 2.05) is 21.3 Å². The molecule has 23 heteroatoms. The Bertz CT molecular complexity index is 3550. The average Bonchev–Trinajstić information content (AvgIpc) is 4.25. The summed E-state index contributed by atoms with van der Waals surface area (Å²) in [7, 11) is 4.17. The number of aliphatic hydroxyl groups is 1. The van der Waals surface area contributed by atoms with Crippen molar-refractivity contribution < 1.29 is 81.6 Å². The number of nitrogens with two attached hydrogens (primary N) is 3. The molecule has 9 heterocycles. The Hall–Kier alpha value is -7.15. The maximum atomic E-state index is 12.3. The molecule has 3 aliphatic heterocycles. The fourth-order valence-electron chi connectivity index (χ4n) is 9.20. The molecule has 3 aromatic carbocycles. The molecular weight excluding hydrogens is 1030 g/mol. The number of hydrogen-bond acceptors (Lipinski definition) is 18. The standard InChI is InChI=1S/C18H21N5O2.C18H19N5O2.C17H19N5O2.CH4O.2CH4.K.H/c2*1-24-18-20-14-15(19)21-17-22-16(14)23(18)11-13-8-5-7-12(10-13)6-3-2-4-9-25-17;18-14-13-15-21-16(20-14)24-8-3-1-2-5-11-6-4-7-12(9-11)10-22(15)17(23)19-13;1-2;;;;/h5,7-8,10H,2-4,6,9,11H2,1H3,(H2,19,21,22);2-3,5,7-8,10H,4,6,9,11H2,1H3,(H2,19,21,22);4,6-7,9H,1-3,5,8,10H2,(H,19,23)(H2,18,20,21);2H,1H3;2*1H4;;/q;;;;;;+1;-1/b;3-2-;;;;;;. The van der Waals surface area contributed by atoms with E-state index in [0.29, 0.717) is 96.8 Å². The minimum Gasteiger partial charge on any atom is -1.00 e. The van der Waals surface area contributed by atoms with Gasteiger partial charge in [-0.2, -0.15) is 39.9 Å². The molecular formula is C56H72KN15O7. The van der Waals surface area contributed by atoms with Gasteiger partial charge in [0.05, 0.1) is 53.7 Å². The Morgan fingerprint density at radius 1 is 0.532 bits per heavy atom. The molecule has 0 fully saturated rings. The van der Waals surface area contributed by atoms with Crippen LogP contribution < -0.4 is 98.0 Å². The average molecular weight is 1110 g/mol. The number of H-pyrrole nitrogens is 1. The molecule has 79 heavy (non-hydrogen) atoms. The number of allylic oxidation sites excluding steroid dienone is 1. The fraction of sp³-hybridized carbons (Fsp3) is 0.375. The van der Waals surface area contributed by atoms with Crippen molar-refractivity contribution in [2.24, 2.45) is 0 Å². The molecule has 12 rings (SSSR count). The first kappa shape index (κ1) is 61.1. The molecule has 6 aromatic heterocycles. The van der Waals surface area contributed by atoms with Crippen molar-refractivity contribution >= 4 is 50.9 Å². The second-order valence-electron chi connectivity index (χ2n) is 18.2. The van der Waals surface area contributed by atoms with Crippen molar-refractivity contribution in [3.63, 3.8) is 0 Å². The third-order valence-electron chi connectivity index (χ3n) is 12.8. The van der Waals surface area contributed by atoms with Crippen LogP contribution in [0.5, 0.6) is 30.1 Å². The monoisotopic (exact) mass is 1110 g/mol. The topological polar surface area (TPSA) is 295 Å². The number of nitrogens with one attached hydrogen (secondary N) is 1. The predicted molar refractivity (Wildman–Crippen MR) is 304 cm³/mol. The van der Waals surface area contributed by atoms with Crippen molar-refractivity contribution in [2.75, 3.05) is 58.4 Å². The van der Waals surface area contributed by atoms with E-state index in [-0.39, 0.29) is 97.0 Å². The van der Waals surface area contributed by atoms with Gasteiger partial charge < -0.3 is 52.4 Å². The Balaban J connectivity index is 0.000000212. The third-order valence-corrected chi connectivity index (χ3v) is 12.8. The smallest absolute Gasteiger partial charge is 1.00 e. The van der Waals surface area contributed by atoms with E-state index in [9.17, 15) is 4.79 Å². The maximum absolute atomic E-state index is 12.3. The number of nitrogen functional groups attached to an aromatic ring is 3. The number of anilines is 3. The number of benzene rings is 3. The van der Waals surface area contributed by atoms with Gasteiger partial charge in [-0.3, -0.25) is 13.7 Å². The maximum Gasteiger partial charge on any atom is 1.00 e. The van der Waals surface area contributed by atoms with Crippen molar-refractivity contribution in [1.29, 1.82) is 0 Å². The van der Waals surface area contributed by atoms with E-state index in [4.69, 9.17) is 46.0 Å². The zero-order chi connectivity index (χ0) is 53.0. The van der Waals surface area contributed by atoms with Crippen LogP contribution in [0.3, 0.4) is 0 Å². The zero-order valence-electron chi connectivity index (χ0n) is 44.9. The molecule has 0 aliphatic carbocycles. The van der Waals surface area contributed by atoms with Gasteiger partial charge in [-0.15, -0.1) is 0 Å². The molecule has 0 spiro atoms. The minimum atomic E-state index is -0.249. The van der Waals surface area contributed by atoms with E-state index in [0.717, 1.165) is 82.4 Å². The van der Waals surface area contributed by atoms with E-state index in [1.54, 1.807) is 18.8 Å². The molecule has 22 nitrogen and oxygen atoms in total. The van der Waals surface area contributed by atoms with Gasteiger partial charge in [-0.05, 0) is 97.6 Å². The van der Waals surface area contributed by atoms with Crippen LogP contribution in [0, 0.1) is 0 Å². The summed E-state index contributed by atoms with van der Waals surface area (Å²) in [6.45, 7) is 3.22. The van der Waals surface area contributed by atoms with Gasteiger partial charge in [0.15, 0.2) is 45.4 Å². The van der Waals surface area contributed by atoms with Gasteiger partial charge in [0, 0.05) is 7.11 Å². The number of aliphatic hydroxyl groups excluding tert-OH is 1. The summed E-state index contributed by atoms with van der Waals surface area (Å²) in [5.74, 6) is 0.818. The number of aromatic amines is 1. The Labute approximate surface area is 503 Å². The fourth-order valence-corrected chi connectivity index (χ4v) is 9.20. The van der Waals surface area contributed by atoms with Crippen molar-refractivity contribution in [1.82, 2.24) is 58.6 Å². The summed E-state index contributed by atoms with van der Waals surface area (Å²) in [6, 6.07) is 27.1. The number of ether oxygens (including phenoxy) is 5. The molecule has 0 saturated heterocycles. The number of aryl methyl sites for hydroxylation is 2. The van der Waals surface area contributed by atoms with Crippen molar-refractivity contribution in [2.45, 2.75) is 98.7 Å². The van der Waals surface area contributed by atoms with Crippen LogP contribution in [0.2, 0.25) is 0 Å². The summed E-state index contributed by atoms with van der Waals surface area (Å²) in [5, 5.41) is 7.00. The van der Waals surface area contributed by atoms with E-state index < -0.39 is 0 Å². The van der Waals surface area contributed by atoms with Crippen LogP contribution in [-0.2, 0) is 38.9 Å². The van der Waals surface area contributed by atoms with Gasteiger partial charge in [-0.1, -0.05) is 99.8 Å². The Kier molecular flexibility index (Phi) is 22.5. The van der Waals surface area contributed by atoms with E-state index in [2.05, 4.69) is 118 Å². The van der Waals surface area contributed by atoms with E-state index in [1.165, 1.54) is 22.3 Å². The SMILES string of the molecule is C.C.CO.COc1nc2c(N)nc3nc2n1Cc1cccc(c1)C/C=C\CCO3.COc1nc2c(N)nc3nc2n1Cc1cccc(c1)CCCCCO3.Nc1nc2nc3c1[nH]c(=O)n3Cc1cccc(c1)CCCCCO2.[H-].[K+]. The first-order valence-corrected chi connectivity index (χ1v) is 25.3. The van der Waals surface area contributed by atoms with Gasteiger partial charge in [0.2, 0.25) is 0 Å². The van der Waals surface area contributed by atoms with Crippen LogP contribution in [0.25, 0.3) is 33.5 Å². The van der Waals surface area contributed by atoms with Crippen LogP contribution in [0.1, 0.15) is 94.6 Å². The first-order chi connectivity index (χ1) is 37.2. The van der Waals surface area contributed by atoms with Gasteiger partial charge >= 0.3 is 75.1 Å². The van der Waals surface area contributed by atoms with Crippen LogP contribution >= 0.6 is 0 Å². The number of fused-ring (bicyclic) bond motifs is 9. The van der Waals surface area contributed by atoms with Gasteiger partial charge in [-0.25, -0.2) is 4.79 Å². The van der Waals surface area contributed by atoms with Crippen molar-refractivity contribution in [3.8, 4) is 30.1 Å². The third kappa shape index (κ3) is 15.0. The summed E-state index contributed by atoms with van der Waals surface area (Å²) >= 11 is 0. The number of methoxy groups -OCH3 is 2.